The number of nitrogens with one attached hydrogen (secondary N) is 5. The highest BCUT2D eigenvalue weighted by atomic mass is 32.2. The molecule has 4 rings (SSSR count). The number of fused-ring (bicyclic) bond motifs is 1. The Morgan fingerprint density at radius 2 is 1.88 bits per heavy atom. The average Bonchev–Trinajstić information content (AvgIpc) is 3.52. The second-order valence-electron chi connectivity index (χ2n) is 10.8. The van der Waals surface area contributed by atoms with Gasteiger partial charge >= 0.3 is 5.97 Å². The number of benzene rings is 1. The maximum absolute atomic E-state index is 13.0. The number of aryl methyl sites for hydroxylation is 5. The summed E-state index contributed by atoms with van der Waals surface area (Å²) in [6.45, 7) is 5.56. The molecule has 6 N–H and O–H groups in total. The van der Waals surface area contributed by atoms with Crippen LogP contribution in [-0.2, 0) is 37.3 Å². The number of carboxylic acids is 1. The zero-order valence-electron chi connectivity index (χ0n) is 23.3. The Hall–Kier alpha value is -3.00. The molecule has 1 fully saturated rings. The predicted molar refractivity (Wildman–Crippen MR) is 149 cm³/mol. The third-order valence-electron chi connectivity index (χ3n) is 7.34. The molecule has 0 radical (unpaired) electrons. The molecule has 0 saturated carbocycles. The number of hydrogen-bond donors (Lipinski definition) is 6. The van der Waals surface area contributed by atoms with E-state index in [1.807, 2.05) is 6.92 Å². The van der Waals surface area contributed by atoms with Crippen molar-refractivity contribution in [3.05, 3.63) is 40.2 Å². The van der Waals surface area contributed by atoms with Gasteiger partial charge in [0.25, 0.3) is 0 Å². The zero-order chi connectivity index (χ0) is 28.9. The summed E-state index contributed by atoms with van der Waals surface area (Å²) in [5.74, 6) is -1.00. The molecule has 2 aromatic rings. The second kappa shape index (κ2) is 13.1. The van der Waals surface area contributed by atoms with E-state index in [-0.39, 0.29) is 11.0 Å². The molecule has 1 aromatic carbocycles. The number of sulfonamides is 1. The number of unbranched alkanes of at least 4 members (excludes halogenated alkanes) is 1. The third kappa shape index (κ3) is 7.59. The van der Waals surface area contributed by atoms with Gasteiger partial charge in [0.2, 0.25) is 21.9 Å². The minimum absolute atomic E-state index is 0.0443. The minimum atomic E-state index is -4.13. The van der Waals surface area contributed by atoms with Gasteiger partial charge in [0, 0.05) is 25.2 Å². The molecule has 1 aromatic heterocycles. The van der Waals surface area contributed by atoms with Crippen molar-refractivity contribution < 1.29 is 28.0 Å². The average molecular weight is 577 g/mol. The van der Waals surface area contributed by atoms with Crippen molar-refractivity contribution in [1.82, 2.24) is 25.5 Å². The van der Waals surface area contributed by atoms with Gasteiger partial charge in [-0.25, -0.2) is 13.4 Å². The lowest BCUT2D eigenvalue weighted by Gasteiger charge is -2.19. The number of anilines is 1. The number of hydroxylamine groups is 1. The van der Waals surface area contributed by atoms with Crippen molar-refractivity contribution in [1.29, 1.82) is 0 Å². The molecule has 220 valence electrons. The highest BCUT2D eigenvalue weighted by molar-refractivity contribution is 7.89. The maximum Gasteiger partial charge on any atom is 0.323 e. The van der Waals surface area contributed by atoms with Gasteiger partial charge in [-0.1, -0.05) is 17.7 Å². The van der Waals surface area contributed by atoms with Crippen molar-refractivity contribution >= 4 is 27.8 Å². The first-order valence-corrected chi connectivity index (χ1v) is 15.4. The molecule has 2 aliphatic rings. The van der Waals surface area contributed by atoms with E-state index in [1.165, 1.54) is 24.2 Å². The lowest BCUT2D eigenvalue weighted by atomic mass is 10.0. The summed E-state index contributed by atoms with van der Waals surface area (Å²) < 4.78 is 28.2. The van der Waals surface area contributed by atoms with E-state index in [4.69, 9.17) is 4.84 Å². The quantitative estimate of drug-likeness (QED) is 0.195. The molecular weight excluding hydrogens is 536 g/mol. The van der Waals surface area contributed by atoms with Crippen molar-refractivity contribution in [3.8, 4) is 0 Å². The van der Waals surface area contributed by atoms with E-state index < -0.39 is 40.5 Å². The Morgan fingerprint density at radius 1 is 1.15 bits per heavy atom. The van der Waals surface area contributed by atoms with Crippen LogP contribution < -0.4 is 20.8 Å². The fourth-order valence-corrected chi connectivity index (χ4v) is 7.10. The van der Waals surface area contributed by atoms with Gasteiger partial charge in [0.05, 0.1) is 16.7 Å². The molecule has 1 amide bonds. The van der Waals surface area contributed by atoms with Gasteiger partial charge in [-0.15, -0.1) is 0 Å². The molecule has 40 heavy (non-hydrogen) atoms. The summed E-state index contributed by atoms with van der Waals surface area (Å²) in [6, 6.07) is 1.27. The van der Waals surface area contributed by atoms with Gasteiger partial charge in [-0.3, -0.25) is 14.4 Å². The SMILES string of the molecule is Cc1cc(C)c(S(=O)(=O)NC(CNC(=O)C2CC(CCCCNc3nc4c([nH]3)CCCC4)ON2)C(=O)O)c(C)c1. The number of aromatic amines is 1. The van der Waals surface area contributed by atoms with Crippen LogP contribution >= 0.6 is 0 Å². The topological polar surface area (TPSA) is 175 Å². The molecule has 12 nitrogen and oxygen atoms in total. The molecule has 1 aliphatic carbocycles. The summed E-state index contributed by atoms with van der Waals surface area (Å²) in [5.41, 5.74) is 7.08. The lowest BCUT2D eigenvalue weighted by Crippen LogP contribution is -2.51. The molecule has 1 saturated heterocycles. The fraction of sp³-hybridized carbons (Fsp3) is 0.593. The second-order valence-corrected chi connectivity index (χ2v) is 12.4. The zero-order valence-corrected chi connectivity index (χ0v) is 24.1. The van der Waals surface area contributed by atoms with Crippen LogP contribution in [0.1, 0.15) is 66.6 Å². The highest BCUT2D eigenvalue weighted by Gasteiger charge is 2.33. The number of amides is 1. The van der Waals surface area contributed by atoms with Gasteiger partial charge in [-0.2, -0.15) is 10.2 Å². The van der Waals surface area contributed by atoms with E-state index in [2.05, 4.69) is 30.8 Å². The molecule has 3 atom stereocenters. The first kappa shape index (κ1) is 30.0. The summed E-state index contributed by atoms with van der Waals surface area (Å²) in [5, 5.41) is 15.5. The predicted octanol–water partition coefficient (Wildman–Crippen LogP) is 2.01. The number of carbonyl (C=O) groups is 2. The molecule has 2 heterocycles. The van der Waals surface area contributed by atoms with E-state index in [0.29, 0.717) is 17.5 Å². The minimum Gasteiger partial charge on any atom is -0.480 e. The van der Waals surface area contributed by atoms with Crippen LogP contribution in [0.15, 0.2) is 17.0 Å². The van der Waals surface area contributed by atoms with Crippen LogP contribution in [0.5, 0.6) is 0 Å². The van der Waals surface area contributed by atoms with Crippen molar-refractivity contribution in [2.75, 3.05) is 18.4 Å². The van der Waals surface area contributed by atoms with Crippen LogP contribution in [0.4, 0.5) is 5.95 Å². The van der Waals surface area contributed by atoms with Crippen LogP contribution in [0, 0.1) is 20.8 Å². The van der Waals surface area contributed by atoms with Crippen LogP contribution in [0.3, 0.4) is 0 Å². The first-order valence-electron chi connectivity index (χ1n) is 13.9. The highest BCUT2D eigenvalue weighted by Crippen LogP contribution is 2.23. The number of rotatable bonds is 13. The van der Waals surface area contributed by atoms with E-state index in [0.717, 1.165) is 50.2 Å². The Morgan fingerprint density at radius 3 is 2.58 bits per heavy atom. The van der Waals surface area contributed by atoms with Crippen molar-refractivity contribution in [2.45, 2.75) is 95.2 Å². The van der Waals surface area contributed by atoms with Crippen LogP contribution in [0.25, 0.3) is 0 Å². The van der Waals surface area contributed by atoms with Gasteiger partial charge < -0.3 is 20.7 Å². The van der Waals surface area contributed by atoms with Crippen molar-refractivity contribution in [3.63, 3.8) is 0 Å². The Kier molecular flexibility index (Phi) is 9.82. The van der Waals surface area contributed by atoms with Crippen LogP contribution in [-0.4, -0.2) is 66.6 Å². The van der Waals surface area contributed by atoms with Gasteiger partial charge in [-0.05, 0) is 76.8 Å². The largest absolute Gasteiger partial charge is 0.480 e. The Bertz CT molecular complexity index is 1280. The molecule has 1 aliphatic heterocycles. The first-order chi connectivity index (χ1) is 19.0. The number of hydrogen-bond acceptors (Lipinski definition) is 8. The number of H-pyrrole nitrogens is 1. The summed E-state index contributed by atoms with van der Waals surface area (Å²) in [4.78, 5) is 38.1. The standard InChI is InChI=1S/C27H40N6O6S/c1-16-12-17(2)24(18(3)13-16)40(37,38)33-23(26(35)36)15-29-25(34)22-14-19(39-32-22)8-6-7-11-28-27-30-20-9-4-5-10-21(20)31-27/h12-13,19,22-23,32-33H,4-11,14-15H2,1-3H3,(H,29,34)(H,35,36)(H2,28,30,31). The van der Waals surface area contributed by atoms with E-state index in [9.17, 15) is 23.1 Å². The van der Waals surface area contributed by atoms with E-state index in [1.54, 1.807) is 26.0 Å². The lowest BCUT2D eigenvalue weighted by molar-refractivity contribution is -0.139. The third-order valence-corrected chi connectivity index (χ3v) is 9.12. The maximum atomic E-state index is 13.0. The smallest absolute Gasteiger partial charge is 0.323 e. The molecule has 0 bridgehead atoms. The van der Waals surface area contributed by atoms with E-state index >= 15 is 0 Å². The van der Waals surface area contributed by atoms with Gasteiger partial charge in [0.1, 0.15) is 12.1 Å². The molecule has 3 unspecified atom stereocenters. The summed E-state index contributed by atoms with van der Waals surface area (Å²) >= 11 is 0. The fourth-order valence-electron chi connectivity index (χ4n) is 5.46. The number of carbonyl (C=O) groups excluding carboxylic acids is 1. The summed E-state index contributed by atoms with van der Waals surface area (Å²) in [6.07, 6.45) is 7.37. The summed E-state index contributed by atoms with van der Waals surface area (Å²) in [7, 11) is -4.13. The number of aromatic nitrogens is 2. The Balaban J connectivity index is 1.18. The molecular formula is C27H40N6O6S. The molecule has 13 heteroatoms. The monoisotopic (exact) mass is 576 g/mol. The normalized spacial score (nSPS) is 19.7. The van der Waals surface area contributed by atoms with Crippen molar-refractivity contribution in [2.24, 2.45) is 0 Å². The van der Waals surface area contributed by atoms with Crippen LogP contribution in [0.2, 0.25) is 0 Å². The number of imidazole rings is 1. The van der Waals surface area contributed by atoms with Gasteiger partial charge in [0.15, 0.2) is 0 Å². The Labute approximate surface area is 235 Å². The molecule has 0 spiro atoms. The number of carboxylic acid groups (broad SMARTS) is 1. The number of nitrogens with zero attached hydrogens (tertiary/aromatic N) is 1. The number of aliphatic carboxylic acids is 1.